The van der Waals surface area contributed by atoms with Gasteiger partial charge < -0.3 is 5.11 Å². The van der Waals surface area contributed by atoms with Crippen molar-refractivity contribution in [3.8, 4) is 6.07 Å². The molecule has 0 unspecified atom stereocenters. The van der Waals surface area contributed by atoms with E-state index in [9.17, 15) is 9.18 Å². The molecule has 0 aliphatic heterocycles. The number of halogens is 2. The molecule has 1 N–H and O–H groups in total. The topological polar surface area (TPSA) is 61.1 Å². The van der Waals surface area contributed by atoms with E-state index in [-0.39, 0.29) is 11.4 Å². The summed E-state index contributed by atoms with van der Waals surface area (Å²) in [5.74, 6) is -2.39. The number of nitriles is 1. The number of carboxylic acid groups (broad SMARTS) is 1. The molecular formula is C9H5ClFNO2. The number of hydrogen-bond donors (Lipinski definition) is 1. The summed E-state index contributed by atoms with van der Waals surface area (Å²) in [6, 6.07) is 3.92. The number of nitrogens with zero attached hydrogens (tertiary/aromatic N) is 1. The van der Waals surface area contributed by atoms with Gasteiger partial charge in [0.1, 0.15) is 6.07 Å². The standard InChI is InChI=1S/C9H5ClFNO2/c10-3-5-1-6(4-12)8(11)7(2-5)9(13)14/h1-2H,3H2,(H,13,14). The Morgan fingerprint density at radius 1 is 1.64 bits per heavy atom. The van der Waals surface area contributed by atoms with Gasteiger partial charge >= 0.3 is 5.97 Å². The van der Waals surface area contributed by atoms with E-state index in [1.807, 2.05) is 0 Å². The summed E-state index contributed by atoms with van der Waals surface area (Å²) in [7, 11) is 0. The summed E-state index contributed by atoms with van der Waals surface area (Å²) < 4.78 is 13.2. The normalized spacial score (nSPS) is 9.50. The van der Waals surface area contributed by atoms with Crippen LogP contribution in [0.2, 0.25) is 0 Å². The SMILES string of the molecule is N#Cc1cc(CCl)cc(C(=O)O)c1F. The molecule has 0 aliphatic carbocycles. The number of benzene rings is 1. The molecule has 0 aromatic heterocycles. The van der Waals surface area contributed by atoms with Crippen molar-refractivity contribution in [2.24, 2.45) is 0 Å². The summed E-state index contributed by atoms with van der Waals surface area (Å²) >= 11 is 5.46. The first kappa shape index (κ1) is 10.5. The predicted molar refractivity (Wildman–Crippen MR) is 47.6 cm³/mol. The molecule has 3 nitrogen and oxygen atoms in total. The van der Waals surface area contributed by atoms with E-state index < -0.39 is 17.3 Å². The zero-order valence-electron chi connectivity index (χ0n) is 6.92. The Hall–Kier alpha value is -1.60. The fraction of sp³-hybridized carbons (Fsp3) is 0.111. The van der Waals surface area contributed by atoms with Crippen molar-refractivity contribution >= 4 is 17.6 Å². The maximum atomic E-state index is 13.2. The first-order valence-electron chi connectivity index (χ1n) is 3.62. The van der Waals surface area contributed by atoms with Crippen molar-refractivity contribution in [1.29, 1.82) is 5.26 Å². The average molecular weight is 214 g/mol. The van der Waals surface area contributed by atoms with Crippen LogP contribution in [0.5, 0.6) is 0 Å². The highest BCUT2D eigenvalue weighted by atomic mass is 35.5. The van der Waals surface area contributed by atoms with Crippen LogP contribution in [0.4, 0.5) is 4.39 Å². The highest BCUT2D eigenvalue weighted by Gasteiger charge is 2.15. The van der Waals surface area contributed by atoms with Crippen LogP contribution in [0.15, 0.2) is 12.1 Å². The Morgan fingerprint density at radius 3 is 2.71 bits per heavy atom. The molecule has 0 saturated heterocycles. The fourth-order valence-electron chi connectivity index (χ4n) is 0.998. The van der Waals surface area contributed by atoms with E-state index in [0.717, 1.165) is 6.07 Å². The molecule has 72 valence electrons. The van der Waals surface area contributed by atoms with Gasteiger partial charge in [0.2, 0.25) is 0 Å². The van der Waals surface area contributed by atoms with E-state index in [2.05, 4.69) is 0 Å². The summed E-state index contributed by atoms with van der Waals surface area (Å²) in [5.41, 5.74) is -0.428. The third-order valence-electron chi connectivity index (χ3n) is 1.64. The summed E-state index contributed by atoms with van der Waals surface area (Å²) in [5, 5.41) is 17.1. The molecule has 1 rings (SSSR count). The highest BCUT2D eigenvalue weighted by molar-refractivity contribution is 6.17. The van der Waals surface area contributed by atoms with Gasteiger partial charge in [0.05, 0.1) is 11.1 Å². The van der Waals surface area contributed by atoms with Crippen LogP contribution in [0, 0.1) is 17.1 Å². The summed E-state index contributed by atoms with van der Waals surface area (Å²) in [6.45, 7) is 0. The Bertz CT molecular complexity index is 426. The molecule has 0 fully saturated rings. The lowest BCUT2D eigenvalue weighted by Crippen LogP contribution is -2.03. The Kier molecular flexibility index (Phi) is 3.05. The molecule has 0 spiro atoms. The van der Waals surface area contributed by atoms with Gasteiger partial charge in [0.15, 0.2) is 5.82 Å². The number of alkyl halides is 1. The van der Waals surface area contributed by atoms with Gasteiger partial charge in [-0.3, -0.25) is 0 Å². The minimum atomic E-state index is -1.41. The van der Waals surface area contributed by atoms with E-state index >= 15 is 0 Å². The fourth-order valence-corrected chi connectivity index (χ4v) is 1.15. The lowest BCUT2D eigenvalue weighted by atomic mass is 10.1. The van der Waals surface area contributed by atoms with Crippen molar-refractivity contribution in [1.82, 2.24) is 0 Å². The van der Waals surface area contributed by atoms with Crippen molar-refractivity contribution < 1.29 is 14.3 Å². The summed E-state index contributed by atoms with van der Waals surface area (Å²) in [6.07, 6.45) is 0. The third-order valence-corrected chi connectivity index (χ3v) is 1.95. The lowest BCUT2D eigenvalue weighted by Gasteiger charge is -2.02. The first-order valence-corrected chi connectivity index (χ1v) is 4.15. The van der Waals surface area contributed by atoms with Crippen LogP contribution < -0.4 is 0 Å². The molecular weight excluding hydrogens is 209 g/mol. The Morgan fingerprint density at radius 2 is 2.29 bits per heavy atom. The monoisotopic (exact) mass is 213 g/mol. The zero-order chi connectivity index (χ0) is 10.7. The molecule has 0 saturated carbocycles. The van der Waals surface area contributed by atoms with Gasteiger partial charge in [-0.1, -0.05) is 0 Å². The van der Waals surface area contributed by atoms with E-state index in [4.69, 9.17) is 22.0 Å². The van der Waals surface area contributed by atoms with Gasteiger partial charge in [0.25, 0.3) is 0 Å². The second-order valence-corrected chi connectivity index (χ2v) is 2.82. The number of hydrogen-bond acceptors (Lipinski definition) is 2. The Labute approximate surface area is 84.3 Å². The van der Waals surface area contributed by atoms with E-state index in [1.54, 1.807) is 6.07 Å². The molecule has 0 heterocycles. The number of carbonyl (C=O) groups is 1. The molecule has 14 heavy (non-hydrogen) atoms. The third kappa shape index (κ3) is 1.83. The maximum Gasteiger partial charge on any atom is 0.338 e. The van der Waals surface area contributed by atoms with Crippen LogP contribution in [0.25, 0.3) is 0 Å². The van der Waals surface area contributed by atoms with Crippen LogP contribution >= 0.6 is 11.6 Å². The second-order valence-electron chi connectivity index (χ2n) is 2.56. The van der Waals surface area contributed by atoms with Gasteiger partial charge in [-0.15, -0.1) is 11.6 Å². The van der Waals surface area contributed by atoms with Gasteiger partial charge in [-0.2, -0.15) is 5.26 Å². The molecule has 1 aromatic carbocycles. The van der Waals surface area contributed by atoms with Gasteiger partial charge in [-0.05, 0) is 17.7 Å². The van der Waals surface area contributed by atoms with Crippen LogP contribution in [0.1, 0.15) is 21.5 Å². The molecule has 0 amide bonds. The van der Waals surface area contributed by atoms with Crippen LogP contribution in [-0.4, -0.2) is 11.1 Å². The number of carboxylic acids is 1. The second kappa shape index (κ2) is 4.07. The molecule has 5 heteroatoms. The number of rotatable bonds is 2. The summed E-state index contributed by atoms with van der Waals surface area (Å²) in [4.78, 5) is 10.6. The van der Waals surface area contributed by atoms with E-state index in [0.29, 0.717) is 5.56 Å². The Balaban J connectivity index is 3.44. The van der Waals surface area contributed by atoms with Crippen molar-refractivity contribution in [2.45, 2.75) is 5.88 Å². The molecule has 0 aliphatic rings. The van der Waals surface area contributed by atoms with Crippen LogP contribution in [0.3, 0.4) is 0 Å². The molecule has 1 aromatic rings. The quantitative estimate of drug-likeness (QED) is 0.766. The smallest absolute Gasteiger partial charge is 0.338 e. The molecule has 0 bridgehead atoms. The maximum absolute atomic E-state index is 13.2. The van der Waals surface area contributed by atoms with Crippen LogP contribution in [-0.2, 0) is 5.88 Å². The van der Waals surface area contributed by atoms with E-state index in [1.165, 1.54) is 6.07 Å². The van der Waals surface area contributed by atoms with Gasteiger partial charge in [-0.25, -0.2) is 9.18 Å². The predicted octanol–water partition coefficient (Wildman–Crippen LogP) is 2.13. The highest BCUT2D eigenvalue weighted by Crippen LogP contribution is 2.17. The molecule has 0 radical (unpaired) electrons. The van der Waals surface area contributed by atoms with Gasteiger partial charge in [0, 0.05) is 5.88 Å². The zero-order valence-corrected chi connectivity index (χ0v) is 7.68. The largest absolute Gasteiger partial charge is 0.478 e. The first-order chi connectivity index (χ1) is 6.60. The molecule has 0 atom stereocenters. The minimum Gasteiger partial charge on any atom is -0.478 e. The lowest BCUT2D eigenvalue weighted by molar-refractivity contribution is 0.0691. The van der Waals surface area contributed by atoms with Crippen molar-refractivity contribution in [2.75, 3.05) is 0 Å². The minimum absolute atomic E-state index is 0.0369. The average Bonchev–Trinajstić information content (AvgIpc) is 2.17. The van der Waals surface area contributed by atoms with Crippen molar-refractivity contribution in [3.63, 3.8) is 0 Å². The van der Waals surface area contributed by atoms with Crippen molar-refractivity contribution in [3.05, 3.63) is 34.6 Å². The number of aromatic carboxylic acids is 1.